The number of rotatable bonds is 4. The van der Waals surface area contributed by atoms with Crippen LogP contribution in [0.25, 0.3) is 0 Å². The van der Waals surface area contributed by atoms with E-state index in [9.17, 15) is 4.79 Å². The zero-order valence-corrected chi connectivity index (χ0v) is 12.9. The van der Waals surface area contributed by atoms with Crippen molar-refractivity contribution in [2.45, 2.75) is 6.04 Å². The number of nitrogens with two attached hydrogens (primary N) is 2. The fraction of sp³-hybridized carbons (Fsp3) is 0.143. The molecule has 0 aliphatic rings. The number of pyridine rings is 1. The smallest absolute Gasteiger partial charge is 0.255 e. The van der Waals surface area contributed by atoms with Crippen molar-refractivity contribution in [1.29, 1.82) is 0 Å². The lowest BCUT2D eigenvalue weighted by atomic mass is 10.1. The van der Waals surface area contributed by atoms with Crippen molar-refractivity contribution in [3.05, 3.63) is 59.9 Å². The van der Waals surface area contributed by atoms with Gasteiger partial charge in [0.25, 0.3) is 5.91 Å². The number of aromatic nitrogens is 1. The van der Waals surface area contributed by atoms with Gasteiger partial charge < -0.3 is 16.8 Å². The third-order valence-electron chi connectivity index (χ3n) is 2.79. The van der Waals surface area contributed by atoms with Crippen LogP contribution in [0, 0.1) is 0 Å². The molecule has 21 heavy (non-hydrogen) atoms. The van der Waals surface area contributed by atoms with E-state index in [4.69, 9.17) is 11.5 Å². The van der Waals surface area contributed by atoms with Gasteiger partial charge in [-0.25, -0.2) is 0 Å². The molecule has 0 aliphatic heterocycles. The van der Waals surface area contributed by atoms with E-state index in [-0.39, 0.29) is 36.8 Å². The summed E-state index contributed by atoms with van der Waals surface area (Å²) < 4.78 is 0. The minimum absolute atomic E-state index is 0. The summed E-state index contributed by atoms with van der Waals surface area (Å²) in [5.74, 6) is -0.168. The molecular weight excluding hydrogens is 311 g/mol. The number of nitrogens with zero attached hydrogens (tertiary/aromatic N) is 1. The summed E-state index contributed by atoms with van der Waals surface area (Å²) in [6.07, 6.45) is 3.25. The van der Waals surface area contributed by atoms with Crippen molar-refractivity contribution in [3.8, 4) is 0 Å². The molecule has 0 saturated carbocycles. The van der Waals surface area contributed by atoms with Gasteiger partial charge in [-0.15, -0.1) is 24.8 Å². The first-order valence-electron chi connectivity index (χ1n) is 5.97. The molecule has 1 amide bonds. The van der Waals surface area contributed by atoms with Crippen LogP contribution in [0.2, 0.25) is 0 Å². The normalized spacial score (nSPS) is 10.8. The third-order valence-corrected chi connectivity index (χ3v) is 2.79. The number of carbonyl (C=O) groups is 1. The number of anilines is 1. The van der Waals surface area contributed by atoms with Crippen LogP contribution in [0.1, 0.15) is 22.0 Å². The van der Waals surface area contributed by atoms with Gasteiger partial charge >= 0.3 is 0 Å². The van der Waals surface area contributed by atoms with Crippen molar-refractivity contribution in [3.63, 3.8) is 0 Å². The standard InChI is InChI=1S/C14H16N4O.2ClH/c15-9-13(16)10-1-3-11(4-2-10)14(19)18-12-5-7-17-8-6-12;;/h1-8,13H,9,15-16H2,(H,17,18,19);2*1H/t13-;;/m0../s1. The minimum Gasteiger partial charge on any atom is -0.329 e. The Morgan fingerprint density at radius 1 is 1.10 bits per heavy atom. The van der Waals surface area contributed by atoms with E-state index >= 15 is 0 Å². The highest BCUT2D eigenvalue weighted by molar-refractivity contribution is 6.04. The van der Waals surface area contributed by atoms with Gasteiger partial charge in [-0.2, -0.15) is 0 Å². The zero-order valence-electron chi connectivity index (χ0n) is 11.2. The van der Waals surface area contributed by atoms with E-state index in [0.29, 0.717) is 17.8 Å². The van der Waals surface area contributed by atoms with Crippen LogP contribution in [-0.2, 0) is 0 Å². The molecule has 0 bridgehead atoms. The molecule has 2 aromatic rings. The fourth-order valence-electron chi connectivity index (χ4n) is 1.66. The van der Waals surface area contributed by atoms with Crippen molar-refractivity contribution >= 4 is 36.4 Å². The summed E-state index contributed by atoms with van der Waals surface area (Å²) in [5.41, 5.74) is 13.5. The summed E-state index contributed by atoms with van der Waals surface area (Å²) >= 11 is 0. The van der Waals surface area contributed by atoms with E-state index in [1.165, 1.54) is 0 Å². The Morgan fingerprint density at radius 3 is 2.19 bits per heavy atom. The maximum Gasteiger partial charge on any atom is 0.255 e. The van der Waals surface area contributed by atoms with Gasteiger partial charge in [0.2, 0.25) is 0 Å². The van der Waals surface area contributed by atoms with Crippen molar-refractivity contribution in [2.24, 2.45) is 11.5 Å². The van der Waals surface area contributed by atoms with E-state index in [1.807, 2.05) is 12.1 Å². The molecule has 0 spiro atoms. The van der Waals surface area contributed by atoms with Gasteiger partial charge in [0.05, 0.1) is 0 Å². The highest BCUT2D eigenvalue weighted by Crippen LogP contribution is 2.12. The van der Waals surface area contributed by atoms with E-state index in [1.54, 1.807) is 36.7 Å². The average molecular weight is 329 g/mol. The average Bonchev–Trinajstić information content (AvgIpc) is 2.47. The van der Waals surface area contributed by atoms with E-state index in [0.717, 1.165) is 5.56 Å². The second-order valence-electron chi connectivity index (χ2n) is 4.15. The Labute approximate surface area is 136 Å². The van der Waals surface area contributed by atoms with Crippen LogP contribution < -0.4 is 16.8 Å². The van der Waals surface area contributed by atoms with Crippen LogP contribution in [0.5, 0.6) is 0 Å². The molecule has 0 aliphatic carbocycles. The van der Waals surface area contributed by atoms with Gasteiger partial charge in [0.1, 0.15) is 0 Å². The second kappa shape index (κ2) is 9.31. The fourth-order valence-corrected chi connectivity index (χ4v) is 1.66. The predicted molar refractivity (Wildman–Crippen MR) is 89.1 cm³/mol. The molecule has 7 heteroatoms. The number of hydrogen-bond donors (Lipinski definition) is 3. The molecule has 1 aromatic heterocycles. The molecule has 1 heterocycles. The third kappa shape index (κ3) is 5.32. The highest BCUT2D eigenvalue weighted by atomic mass is 35.5. The summed E-state index contributed by atoms with van der Waals surface area (Å²) in [7, 11) is 0. The molecule has 1 aromatic carbocycles. The quantitative estimate of drug-likeness (QED) is 0.801. The van der Waals surface area contributed by atoms with Gasteiger partial charge in [-0.05, 0) is 29.8 Å². The maximum atomic E-state index is 12.0. The topological polar surface area (TPSA) is 94.0 Å². The summed E-state index contributed by atoms with van der Waals surface area (Å²) in [6.45, 7) is 0.378. The highest BCUT2D eigenvalue weighted by Gasteiger charge is 2.08. The molecule has 0 fully saturated rings. The van der Waals surface area contributed by atoms with Crippen LogP contribution in [0.15, 0.2) is 48.8 Å². The number of amides is 1. The zero-order chi connectivity index (χ0) is 13.7. The first kappa shape index (κ1) is 19.3. The molecule has 5 nitrogen and oxygen atoms in total. The second-order valence-corrected chi connectivity index (χ2v) is 4.15. The predicted octanol–water partition coefficient (Wildman–Crippen LogP) is 2.14. The van der Waals surface area contributed by atoms with Crippen LogP contribution in [-0.4, -0.2) is 17.4 Å². The van der Waals surface area contributed by atoms with Gasteiger partial charge in [0, 0.05) is 36.2 Å². The Bertz CT molecular complexity index is 549. The first-order valence-corrected chi connectivity index (χ1v) is 5.97. The van der Waals surface area contributed by atoms with Crippen molar-refractivity contribution in [1.82, 2.24) is 4.98 Å². The lowest BCUT2D eigenvalue weighted by Crippen LogP contribution is -2.20. The Balaban J connectivity index is 0.00000200. The maximum absolute atomic E-state index is 12.0. The number of hydrogen-bond acceptors (Lipinski definition) is 4. The van der Waals surface area contributed by atoms with Gasteiger partial charge in [0.15, 0.2) is 0 Å². The monoisotopic (exact) mass is 328 g/mol. The molecule has 0 saturated heterocycles. The number of nitrogens with one attached hydrogen (secondary N) is 1. The summed E-state index contributed by atoms with van der Waals surface area (Å²) in [5, 5.41) is 2.79. The molecule has 5 N–H and O–H groups in total. The first-order chi connectivity index (χ1) is 9.20. The van der Waals surface area contributed by atoms with Gasteiger partial charge in [-0.1, -0.05) is 12.1 Å². The number of benzene rings is 1. The lowest BCUT2D eigenvalue weighted by molar-refractivity contribution is 0.102. The summed E-state index contributed by atoms with van der Waals surface area (Å²) in [4.78, 5) is 15.9. The molecule has 114 valence electrons. The van der Waals surface area contributed by atoms with E-state index < -0.39 is 0 Å². The minimum atomic E-state index is -0.197. The molecule has 1 atom stereocenters. The lowest BCUT2D eigenvalue weighted by Gasteiger charge is -2.10. The largest absolute Gasteiger partial charge is 0.329 e. The van der Waals surface area contributed by atoms with Gasteiger partial charge in [-0.3, -0.25) is 9.78 Å². The number of carbonyl (C=O) groups excluding carboxylic acids is 1. The van der Waals surface area contributed by atoms with E-state index in [2.05, 4.69) is 10.3 Å². The Hall–Kier alpha value is -1.66. The van der Waals surface area contributed by atoms with Crippen LogP contribution >= 0.6 is 24.8 Å². The SMILES string of the molecule is Cl.Cl.NC[C@H](N)c1ccc(C(=O)Nc2ccncc2)cc1. The van der Waals surface area contributed by atoms with Crippen molar-refractivity contribution < 1.29 is 4.79 Å². The molecule has 2 rings (SSSR count). The Morgan fingerprint density at radius 2 is 1.67 bits per heavy atom. The molecule has 0 unspecified atom stereocenters. The molecule has 0 radical (unpaired) electrons. The van der Waals surface area contributed by atoms with Crippen LogP contribution in [0.4, 0.5) is 5.69 Å². The summed E-state index contributed by atoms with van der Waals surface area (Å²) in [6, 6.07) is 10.4. The van der Waals surface area contributed by atoms with Crippen molar-refractivity contribution in [2.75, 3.05) is 11.9 Å². The van der Waals surface area contributed by atoms with Crippen LogP contribution in [0.3, 0.4) is 0 Å². The molecular formula is C14H18Cl2N4O. The number of halogens is 2. The Kier molecular flexibility index (Phi) is 8.57.